The monoisotopic (exact) mass is 235 g/mol. The first-order chi connectivity index (χ1) is 6.90. The number of nitrogens with one attached hydrogen (secondary N) is 1. The minimum atomic E-state index is -3.32. The van der Waals surface area contributed by atoms with Crippen LogP contribution in [0.25, 0.3) is 0 Å². The maximum Gasteiger partial charge on any atom is 0.279 e. The Morgan fingerprint density at radius 3 is 2.47 bits per heavy atom. The molecular formula is C9H21N3O2S. The summed E-state index contributed by atoms with van der Waals surface area (Å²) in [6.07, 6.45) is 3.65. The normalized spacial score (nSPS) is 20.3. The molecular weight excluding hydrogens is 214 g/mol. The number of hydrogen-bond donors (Lipinski definition) is 2. The van der Waals surface area contributed by atoms with Crippen molar-refractivity contribution in [1.29, 1.82) is 0 Å². The Hall–Kier alpha value is -0.170. The summed E-state index contributed by atoms with van der Waals surface area (Å²) in [5.74, 6) is 0. The van der Waals surface area contributed by atoms with E-state index in [1.165, 1.54) is 4.31 Å². The Morgan fingerprint density at radius 2 is 2.07 bits per heavy atom. The minimum Gasteiger partial charge on any atom is -0.330 e. The second kappa shape index (κ2) is 4.78. The van der Waals surface area contributed by atoms with Gasteiger partial charge < -0.3 is 5.73 Å². The van der Waals surface area contributed by atoms with E-state index in [4.69, 9.17) is 5.73 Å². The lowest BCUT2D eigenvalue weighted by molar-refractivity contribution is 0.242. The molecule has 15 heavy (non-hydrogen) atoms. The summed E-state index contributed by atoms with van der Waals surface area (Å²) >= 11 is 0. The Bertz CT molecular complexity index is 298. The fraction of sp³-hybridized carbons (Fsp3) is 1.00. The molecule has 0 atom stereocenters. The number of rotatable bonds is 6. The van der Waals surface area contributed by atoms with Crippen LogP contribution in [0.15, 0.2) is 0 Å². The summed E-state index contributed by atoms with van der Waals surface area (Å²) in [4.78, 5) is 0. The quantitative estimate of drug-likeness (QED) is 0.683. The molecule has 0 spiro atoms. The van der Waals surface area contributed by atoms with Crippen LogP contribution in [0, 0.1) is 0 Å². The average Bonchev–Trinajstić information content (AvgIpc) is 2.11. The molecule has 0 bridgehead atoms. The zero-order chi connectivity index (χ0) is 11.5. The molecule has 0 aromatic heterocycles. The summed E-state index contributed by atoms with van der Waals surface area (Å²) in [7, 11) is -1.74. The van der Waals surface area contributed by atoms with Crippen molar-refractivity contribution < 1.29 is 8.42 Å². The van der Waals surface area contributed by atoms with E-state index >= 15 is 0 Å². The van der Waals surface area contributed by atoms with Crippen LogP contribution in [0.4, 0.5) is 0 Å². The SMILES string of the molecule is CN(CCCN)S(=O)(=O)NC1(C)CCC1. The molecule has 0 saturated heterocycles. The van der Waals surface area contributed by atoms with E-state index in [2.05, 4.69) is 4.72 Å². The van der Waals surface area contributed by atoms with Gasteiger partial charge in [-0.15, -0.1) is 0 Å². The van der Waals surface area contributed by atoms with E-state index in [0.29, 0.717) is 19.5 Å². The van der Waals surface area contributed by atoms with Crippen LogP contribution in [0.5, 0.6) is 0 Å². The lowest BCUT2D eigenvalue weighted by Crippen LogP contribution is -2.54. The molecule has 0 aromatic carbocycles. The number of hydrogen-bond acceptors (Lipinski definition) is 3. The molecule has 0 unspecified atom stereocenters. The Labute approximate surface area is 92.2 Å². The van der Waals surface area contributed by atoms with E-state index in [9.17, 15) is 8.42 Å². The molecule has 1 saturated carbocycles. The summed E-state index contributed by atoms with van der Waals surface area (Å²) in [6, 6.07) is 0. The maximum atomic E-state index is 11.8. The first-order valence-electron chi connectivity index (χ1n) is 5.35. The van der Waals surface area contributed by atoms with Gasteiger partial charge in [0.25, 0.3) is 10.2 Å². The van der Waals surface area contributed by atoms with Gasteiger partial charge >= 0.3 is 0 Å². The average molecular weight is 235 g/mol. The molecule has 1 rings (SSSR count). The van der Waals surface area contributed by atoms with E-state index in [1.54, 1.807) is 7.05 Å². The third-order valence-corrected chi connectivity index (χ3v) is 4.67. The third kappa shape index (κ3) is 3.41. The number of nitrogens with zero attached hydrogens (tertiary/aromatic N) is 1. The van der Waals surface area contributed by atoms with Gasteiger partial charge in [-0.05, 0) is 39.2 Å². The second-order valence-electron chi connectivity index (χ2n) is 4.49. The molecule has 0 heterocycles. The van der Waals surface area contributed by atoms with Crippen molar-refractivity contribution in [3.8, 4) is 0 Å². The molecule has 6 heteroatoms. The summed E-state index contributed by atoms with van der Waals surface area (Å²) in [6.45, 7) is 2.93. The fourth-order valence-corrected chi connectivity index (χ4v) is 2.98. The van der Waals surface area contributed by atoms with E-state index < -0.39 is 10.2 Å². The van der Waals surface area contributed by atoms with Gasteiger partial charge in [-0.1, -0.05) is 0 Å². The van der Waals surface area contributed by atoms with Crippen LogP contribution in [0.3, 0.4) is 0 Å². The van der Waals surface area contributed by atoms with E-state index in [1.807, 2.05) is 6.92 Å². The minimum absolute atomic E-state index is 0.226. The highest BCUT2D eigenvalue weighted by molar-refractivity contribution is 7.87. The van der Waals surface area contributed by atoms with Crippen molar-refractivity contribution in [2.45, 2.75) is 38.1 Å². The molecule has 1 aliphatic carbocycles. The number of nitrogens with two attached hydrogens (primary N) is 1. The second-order valence-corrected chi connectivity index (χ2v) is 6.26. The van der Waals surface area contributed by atoms with Crippen LogP contribution in [0.2, 0.25) is 0 Å². The van der Waals surface area contributed by atoms with Gasteiger partial charge in [0.15, 0.2) is 0 Å². The molecule has 1 aliphatic rings. The van der Waals surface area contributed by atoms with Crippen LogP contribution >= 0.6 is 0 Å². The highest BCUT2D eigenvalue weighted by Crippen LogP contribution is 2.31. The maximum absolute atomic E-state index is 11.8. The van der Waals surface area contributed by atoms with Gasteiger partial charge in [0.2, 0.25) is 0 Å². The van der Waals surface area contributed by atoms with Crippen LogP contribution in [-0.2, 0) is 10.2 Å². The largest absolute Gasteiger partial charge is 0.330 e. The molecule has 0 aliphatic heterocycles. The Morgan fingerprint density at radius 1 is 1.47 bits per heavy atom. The van der Waals surface area contributed by atoms with Crippen molar-refractivity contribution in [2.24, 2.45) is 5.73 Å². The molecule has 0 radical (unpaired) electrons. The van der Waals surface area contributed by atoms with Crippen LogP contribution in [0.1, 0.15) is 32.6 Å². The van der Waals surface area contributed by atoms with Gasteiger partial charge in [-0.3, -0.25) is 0 Å². The standard InChI is InChI=1S/C9H21N3O2S/c1-9(5-3-6-9)11-15(13,14)12(2)8-4-7-10/h11H,3-8,10H2,1-2H3. The van der Waals surface area contributed by atoms with Gasteiger partial charge in [0.05, 0.1) is 0 Å². The van der Waals surface area contributed by atoms with Gasteiger partial charge in [-0.2, -0.15) is 17.4 Å². The van der Waals surface area contributed by atoms with Crippen LogP contribution in [-0.4, -0.2) is 38.4 Å². The molecule has 3 N–H and O–H groups in total. The van der Waals surface area contributed by atoms with Crippen molar-refractivity contribution in [1.82, 2.24) is 9.03 Å². The fourth-order valence-electron chi connectivity index (χ4n) is 1.63. The van der Waals surface area contributed by atoms with Crippen molar-refractivity contribution >= 4 is 10.2 Å². The highest BCUT2D eigenvalue weighted by Gasteiger charge is 2.36. The van der Waals surface area contributed by atoms with Gasteiger partial charge in [0.1, 0.15) is 0 Å². The third-order valence-electron chi connectivity index (χ3n) is 2.92. The van der Waals surface area contributed by atoms with Crippen molar-refractivity contribution in [3.63, 3.8) is 0 Å². The topological polar surface area (TPSA) is 75.4 Å². The first-order valence-corrected chi connectivity index (χ1v) is 6.79. The zero-order valence-corrected chi connectivity index (χ0v) is 10.3. The highest BCUT2D eigenvalue weighted by atomic mass is 32.2. The van der Waals surface area contributed by atoms with E-state index in [0.717, 1.165) is 19.3 Å². The lowest BCUT2D eigenvalue weighted by Gasteiger charge is -2.39. The predicted octanol–water partition coefficient (Wildman–Crippen LogP) is 0.0440. The molecule has 5 nitrogen and oxygen atoms in total. The molecule has 1 fully saturated rings. The molecule has 90 valence electrons. The summed E-state index contributed by atoms with van der Waals surface area (Å²) in [5.41, 5.74) is 5.12. The lowest BCUT2D eigenvalue weighted by atomic mass is 9.80. The molecule has 0 amide bonds. The first kappa shape index (κ1) is 12.9. The van der Waals surface area contributed by atoms with Crippen molar-refractivity contribution in [2.75, 3.05) is 20.1 Å². The zero-order valence-electron chi connectivity index (χ0n) is 9.49. The molecule has 0 aromatic rings. The smallest absolute Gasteiger partial charge is 0.279 e. The summed E-state index contributed by atoms with van der Waals surface area (Å²) < 4.78 is 27.7. The Balaban J connectivity index is 2.50. The van der Waals surface area contributed by atoms with Crippen LogP contribution < -0.4 is 10.5 Å². The van der Waals surface area contributed by atoms with Gasteiger partial charge in [0, 0.05) is 19.1 Å². The van der Waals surface area contributed by atoms with E-state index in [-0.39, 0.29) is 5.54 Å². The predicted molar refractivity (Wildman–Crippen MR) is 60.6 cm³/mol. The summed E-state index contributed by atoms with van der Waals surface area (Å²) in [5, 5.41) is 0. The van der Waals surface area contributed by atoms with Crippen molar-refractivity contribution in [3.05, 3.63) is 0 Å². The Kier molecular flexibility index (Phi) is 4.11. The van der Waals surface area contributed by atoms with Gasteiger partial charge in [-0.25, -0.2) is 0 Å².